The molecule has 5 nitrogen and oxygen atoms in total. The van der Waals surface area contributed by atoms with Gasteiger partial charge in [-0.1, -0.05) is 57.2 Å². The summed E-state index contributed by atoms with van der Waals surface area (Å²) in [6.07, 6.45) is 2.56. The first-order valence-electron chi connectivity index (χ1n) is 12.6. The van der Waals surface area contributed by atoms with Crippen LogP contribution in [0.15, 0.2) is 66.7 Å². The lowest BCUT2D eigenvalue weighted by molar-refractivity contribution is 0.0687. The predicted octanol–water partition coefficient (Wildman–Crippen LogP) is 7.18. The number of aromatic carboxylic acids is 1. The highest BCUT2D eigenvalue weighted by atomic mass is 16.5. The van der Waals surface area contributed by atoms with Crippen molar-refractivity contribution in [2.45, 2.75) is 45.6 Å². The molecular weight excluding hydrogens is 448 g/mol. The Hall–Kier alpha value is -3.73. The molecule has 2 N–H and O–H groups in total. The summed E-state index contributed by atoms with van der Waals surface area (Å²) < 4.78 is 7.32. The van der Waals surface area contributed by atoms with Gasteiger partial charge < -0.3 is 19.7 Å². The van der Waals surface area contributed by atoms with Crippen LogP contribution in [0.1, 0.15) is 55.2 Å². The quantitative estimate of drug-likeness (QED) is 0.279. The number of carboxylic acid groups (broad SMARTS) is 1. The molecule has 0 amide bonds. The third-order valence-electron chi connectivity index (χ3n) is 7.07. The van der Waals surface area contributed by atoms with E-state index in [2.05, 4.69) is 62.5 Å². The van der Waals surface area contributed by atoms with Crippen LogP contribution in [0.3, 0.4) is 0 Å². The minimum Gasteiger partial charge on any atom is -0.497 e. The smallest absolute Gasteiger partial charge is 0.353 e. The number of carbonyl (C=O) groups is 1. The van der Waals surface area contributed by atoms with E-state index in [0.717, 1.165) is 51.5 Å². The predicted molar refractivity (Wildman–Crippen MR) is 146 cm³/mol. The van der Waals surface area contributed by atoms with Gasteiger partial charge in [0.05, 0.1) is 7.11 Å². The largest absolute Gasteiger partial charge is 0.497 e. The molecular formula is C31H34N2O3. The Balaban J connectivity index is 1.68. The molecule has 1 fully saturated rings. The second-order valence-electron chi connectivity index (χ2n) is 10.8. The minimum atomic E-state index is -0.934. The zero-order valence-electron chi connectivity index (χ0n) is 21.5. The summed E-state index contributed by atoms with van der Waals surface area (Å²) in [6.45, 7) is 7.94. The highest BCUT2D eigenvalue weighted by Gasteiger charge is 2.25. The Bertz CT molecular complexity index is 1410. The van der Waals surface area contributed by atoms with Crippen molar-refractivity contribution in [2.24, 2.45) is 5.92 Å². The van der Waals surface area contributed by atoms with Crippen LogP contribution in [-0.4, -0.2) is 29.3 Å². The second kappa shape index (κ2) is 9.38. The van der Waals surface area contributed by atoms with E-state index in [9.17, 15) is 9.90 Å². The molecule has 4 aromatic rings. The molecule has 0 spiro atoms. The van der Waals surface area contributed by atoms with Crippen molar-refractivity contribution < 1.29 is 14.6 Å². The van der Waals surface area contributed by atoms with E-state index < -0.39 is 5.97 Å². The van der Waals surface area contributed by atoms with Crippen LogP contribution in [0.25, 0.3) is 22.0 Å². The first kappa shape index (κ1) is 24.0. The summed E-state index contributed by atoms with van der Waals surface area (Å²) in [5.41, 5.74) is 6.13. The Morgan fingerprint density at radius 1 is 1.06 bits per heavy atom. The highest BCUT2D eigenvalue weighted by molar-refractivity contribution is 6.09. The fourth-order valence-corrected chi connectivity index (χ4v) is 4.82. The molecule has 36 heavy (non-hydrogen) atoms. The average molecular weight is 483 g/mol. The number of methoxy groups -OCH3 is 1. The number of benzene rings is 3. The van der Waals surface area contributed by atoms with E-state index >= 15 is 0 Å². The molecule has 1 aromatic heterocycles. The van der Waals surface area contributed by atoms with Gasteiger partial charge in [-0.3, -0.25) is 0 Å². The number of nitrogens with one attached hydrogen (secondary N) is 1. The van der Waals surface area contributed by atoms with Crippen molar-refractivity contribution in [3.05, 3.63) is 83.6 Å². The summed E-state index contributed by atoms with van der Waals surface area (Å²) >= 11 is 0. The molecule has 0 bridgehead atoms. The normalized spacial score (nSPS) is 13.7. The van der Waals surface area contributed by atoms with Crippen LogP contribution in [0.4, 0.5) is 5.69 Å². The van der Waals surface area contributed by atoms with Gasteiger partial charge in [-0.05, 0) is 71.2 Å². The summed E-state index contributed by atoms with van der Waals surface area (Å²) in [5.74, 6) is 0.569. The molecule has 0 radical (unpaired) electrons. The molecule has 0 atom stereocenters. The van der Waals surface area contributed by atoms with Crippen LogP contribution in [0.5, 0.6) is 5.75 Å². The van der Waals surface area contributed by atoms with Gasteiger partial charge in [0.15, 0.2) is 0 Å². The maximum absolute atomic E-state index is 12.8. The van der Waals surface area contributed by atoms with Crippen LogP contribution in [0, 0.1) is 5.92 Å². The van der Waals surface area contributed by atoms with E-state index in [1.807, 2.05) is 34.9 Å². The molecule has 5 heteroatoms. The number of nitrogens with zero attached hydrogens (tertiary/aromatic N) is 1. The van der Waals surface area contributed by atoms with Gasteiger partial charge in [0.2, 0.25) is 0 Å². The first-order valence-corrected chi connectivity index (χ1v) is 12.6. The average Bonchev–Trinajstić information content (AvgIpc) is 3.64. The van der Waals surface area contributed by atoms with Gasteiger partial charge >= 0.3 is 5.97 Å². The number of hydrogen-bond acceptors (Lipinski definition) is 3. The van der Waals surface area contributed by atoms with E-state index in [4.69, 9.17) is 4.74 Å². The molecule has 1 aliphatic rings. The first-order chi connectivity index (χ1) is 17.2. The number of hydrogen-bond donors (Lipinski definition) is 2. The van der Waals surface area contributed by atoms with Gasteiger partial charge in [-0.15, -0.1) is 0 Å². The topological polar surface area (TPSA) is 63.5 Å². The van der Waals surface area contributed by atoms with E-state index in [0.29, 0.717) is 12.2 Å². The zero-order chi connectivity index (χ0) is 25.4. The Morgan fingerprint density at radius 2 is 1.81 bits per heavy atom. The van der Waals surface area contributed by atoms with E-state index in [-0.39, 0.29) is 5.41 Å². The molecule has 186 valence electrons. The van der Waals surface area contributed by atoms with Crippen LogP contribution < -0.4 is 10.1 Å². The van der Waals surface area contributed by atoms with Gasteiger partial charge in [0, 0.05) is 35.2 Å². The van der Waals surface area contributed by atoms with Crippen molar-refractivity contribution in [1.29, 1.82) is 0 Å². The number of anilines is 1. The lowest BCUT2D eigenvalue weighted by atomic mass is 9.86. The molecule has 3 aromatic carbocycles. The summed E-state index contributed by atoms with van der Waals surface area (Å²) in [4.78, 5) is 12.8. The highest BCUT2D eigenvalue weighted by Crippen LogP contribution is 2.38. The van der Waals surface area contributed by atoms with Crippen molar-refractivity contribution in [1.82, 2.24) is 4.57 Å². The fraction of sp³-hybridized carbons (Fsp3) is 0.323. The number of ether oxygens (including phenoxy) is 1. The monoisotopic (exact) mass is 482 g/mol. The van der Waals surface area contributed by atoms with E-state index in [1.165, 1.54) is 18.4 Å². The zero-order valence-corrected chi connectivity index (χ0v) is 21.5. The Labute approximate surface area is 212 Å². The Morgan fingerprint density at radius 3 is 2.44 bits per heavy atom. The van der Waals surface area contributed by atoms with Gasteiger partial charge in [-0.2, -0.15) is 0 Å². The molecule has 0 unspecified atom stereocenters. The second-order valence-corrected chi connectivity index (χ2v) is 10.8. The van der Waals surface area contributed by atoms with E-state index in [1.54, 1.807) is 7.11 Å². The van der Waals surface area contributed by atoms with Crippen LogP contribution in [0.2, 0.25) is 0 Å². The van der Waals surface area contributed by atoms with Crippen molar-refractivity contribution in [3.8, 4) is 16.9 Å². The Kier molecular flexibility index (Phi) is 6.25. The van der Waals surface area contributed by atoms with Crippen molar-refractivity contribution in [2.75, 3.05) is 19.0 Å². The summed E-state index contributed by atoms with van der Waals surface area (Å²) in [7, 11) is 1.64. The SMILES string of the molecule is COc1cccc(Cn2c(C(=O)O)c(-c3ccc(C(C)(C)C)cc3)c3cc(NCC4CC4)ccc32)c1. The van der Waals surface area contributed by atoms with Crippen molar-refractivity contribution >= 4 is 22.6 Å². The molecule has 1 aliphatic carbocycles. The standard InChI is InChI=1S/C31H34N2O3/c1-31(2,3)23-12-10-22(11-13-23)28-26-17-24(32-18-20-8-9-20)14-15-27(26)33(29(28)30(34)35)19-21-6-5-7-25(16-21)36-4/h5-7,10-17,20,32H,8-9,18-19H2,1-4H3,(H,34,35). The summed E-state index contributed by atoms with van der Waals surface area (Å²) in [5, 5.41) is 15.0. The number of fused-ring (bicyclic) bond motifs is 1. The third-order valence-corrected chi connectivity index (χ3v) is 7.07. The lowest BCUT2D eigenvalue weighted by Gasteiger charge is -2.19. The molecule has 0 saturated heterocycles. The molecule has 0 aliphatic heterocycles. The van der Waals surface area contributed by atoms with Gasteiger partial charge in [-0.25, -0.2) is 4.79 Å². The molecule has 1 saturated carbocycles. The van der Waals surface area contributed by atoms with Crippen molar-refractivity contribution in [3.63, 3.8) is 0 Å². The summed E-state index contributed by atoms with van der Waals surface area (Å²) in [6, 6.07) is 22.4. The maximum Gasteiger partial charge on any atom is 0.353 e. The maximum atomic E-state index is 12.8. The number of carboxylic acids is 1. The number of aromatic nitrogens is 1. The lowest BCUT2D eigenvalue weighted by Crippen LogP contribution is -2.11. The van der Waals surface area contributed by atoms with Crippen LogP contribution in [-0.2, 0) is 12.0 Å². The fourth-order valence-electron chi connectivity index (χ4n) is 4.82. The molecule has 5 rings (SSSR count). The van der Waals surface area contributed by atoms with Gasteiger partial charge in [0.1, 0.15) is 11.4 Å². The third kappa shape index (κ3) is 4.83. The molecule has 1 heterocycles. The minimum absolute atomic E-state index is 0.0222. The van der Waals surface area contributed by atoms with Crippen LogP contribution >= 0.6 is 0 Å². The number of rotatable bonds is 8. The van der Waals surface area contributed by atoms with Gasteiger partial charge in [0.25, 0.3) is 0 Å².